The second kappa shape index (κ2) is 10.1. The van der Waals surface area contributed by atoms with Crippen LogP contribution in [0.4, 0.5) is 10.2 Å². The van der Waals surface area contributed by atoms with E-state index in [2.05, 4.69) is 25.1 Å². The van der Waals surface area contributed by atoms with Gasteiger partial charge in [0.15, 0.2) is 0 Å². The van der Waals surface area contributed by atoms with Crippen LogP contribution in [0, 0.1) is 5.95 Å². The van der Waals surface area contributed by atoms with E-state index in [1.807, 2.05) is 24.3 Å². The van der Waals surface area contributed by atoms with Crippen LogP contribution in [0.5, 0.6) is 5.75 Å². The Labute approximate surface area is 223 Å². The molecule has 9 nitrogen and oxygen atoms in total. The van der Waals surface area contributed by atoms with Crippen molar-refractivity contribution in [2.24, 2.45) is 0 Å². The van der Waals surface area contributed by atoms with E-state index in [0.29, 0.717) is 43.2 Å². The predicted molar refractivity (Wildman–Crippen MR) is 141 cm³/mol. The number of nitrogens with one attached hydrogen (secondary N) is 1. The van der Waals surface area contributed by atoms with E-state index in [4.69, 9.17) is 27.9 Å². The Morgan fingerprint density at radius 1 is 1.08 bits per heavy atom. The molecule has 0 amide bonds. The van der Waals surface area contributed by atoms with Crippen LogP contribution in [0.3, 0.4) is 0 Å². The lowest BCUT2D eigenvalue weighted by Gasteiger charge is -2.33. The Bertz CT molecular complexity index is 1560. The van der Waals surface area contributed by atoms with Gasteiger partial charge in [0.05, 0.1) is 16.8 Å². The Morgan fingerprint density at radius 3 is 2.51 bits per heavy atom. The number of rotatable bonds is 6. The minimum atomic E-state index is -3.19. The van der Waals surface area contributed by atoms with E-state index >= 15 is 0 Å². The lowest BCUT2D eigenvalue weighted by molar-refractivity contribution is 0.226. The maximum Gasteiger partial charge on any atom is 0.232 e. The summed E-state index contributed by atoms with van der Waals surface area (Å²) in [6.07, 6.45) is 3.54. The Morgan fingerprint density at radius 2 is 1.84 bits per heavy atom. The van der Waals surface area contributed by atoms with Gasteiger partial charge in [0, 0.05) is 55.1 Å². The van der Waals surface area contributed by atoms with Crippen LogP contribution >= 0.6 is 23.2 Å². The number of benzene rings is 1. The van der Waals surface area contributed by atoms with Gasteiger partial charge >= 0.3 is 0 Å². The second-order valence-electron chi connectivity index (χ2n) is 8.72. The highest BCUT2D eigenvalue weighted by Crippen LogP contribution is 2.36. The number of ether oxygens (including phenoxy) is 1. The quantitative estimate of drug-likeness (QED) is 0.339. The number of nitrogens with zero attached hydrogens (tertiary/aromatic N) is 5. The van der Waals surface area contributed by atoms with E-state index in [0.717, 1.165) is 22.3 Å². The molecule has 0 spiro atoms. The molecule has 0 radical (unpaired) electrons. The molecule has 3 aromatic heterocycles. The average molecular weight is 565 g/mol. The first-order valence-corrected chi connectivity index (χ1v) is 14.0. The lowest BCUT2D eigenvalue weighted by atomic mass is 10.1. The highest BCUT2D eigenvalue weighted by molar-refractivity contribution is 7.88. The molecule has 1 saturated heterocycles. The number of aromatic nitrogens is 4. The normalized spacial score (nSPS) is 15.8. The van der Waals surface area contributed by atoms with Gasteiger partial charge in [-0.1, -0.05) is 23.2 Å². The zero-order chi connectivity index (χ0) is 26.3. The zero-order valence-electron chi connectivity index (χ0n) is 20.0. The van der Waals surface area contributed by atoms with Crippen molar-refractivity contribution in [2.45, 2.75) is 13.0 Å². The molecule has 4 aromatic rings. The topological polar surface area (TPSA) is 104 Å². The third kappa shape index (κ3) is 5.22. The van der Waals surface area contributed by atoms with Crippen molar-refractivity contribution in [2.75, 3.05) is 37.3 Å². The fourth-order valence-corrected chi connectivity index (χ4v) is 5.82. The molecule has 13 heteroatoms. The van der Waals surface area contributed by atoms with E-state index in [9.17, 15) is 12.8 Å². The first-order chi connectivity index (χ1) is 17.6. The molecule has 1 N–H and O–H groups in total. The molecule has 0 bridgehead atoms. The Balaban J connectivity index is 1.36. The maximum atomic E-state index is 13.9. The van der Waals surface area contributed by atoms with Gasteiger partial charge in [-0.2, -0.15) is 13.8 Å². The van der Waals surface area contributed by atoms with Crippen LogP contribution in [0.25, 0.3) is 22.2 Å². The van der Waals surface area contributed by atoms with Crippen LogP contribution < -0.4 is 9.64 Å². The summed E-state index contributed by atoms with van der Waals surface area (Å²) in [6.45, 7) is 3.72. The zero-order valence-corrected chi connectivity index (χ0v) is 22.3. The van der Waals surface area contributed by atoms with Crippen LogP contribution in [-0.2, 0) is 10.0 Å². The van der Waals surface area contributed by atoms with Gasteiger partial charge in [0.2, 0.25) is 16.0 Å². The molecule has 1 aliphatic heterocycles. The molecular weight excluding hydrogens is 542 g/mol. The number of hydrogen-bond acceptors (Lipinski definition) is 7. The molecule has 37 heavy (non-hydrogen) atoms. The summed E-state index contributed by atoms with van der Waals surface area (Å²) < 4.78 is 44.9. The van der Waals surface area contributed by atoms with Crippen molar-refractivity contribution in [3.8, 4) is 17.0 Å². The molecule has 0 unspecified atom stereocenters. The summed E-state index contributed by atoms with van der Waals surface area (Å²) >= 11 is 12.3. The smallest absolute Gasteiger partial charge is 0.232 e. The molecule has 1 aliphatic rings. The molecular formula is C24H23Cl2FN6O3S. The highest BCUT2D eigenvalue weighted by atomic mass is 35.5. The van der Waals surface area contributed by atoms with Crippen molar-refractivity contribution >= 4 is 49.9 Å². The first-order valence-electron chi connectivity index (χ1n) is 11.4. The van der Waals surface area contributed by atoms with Gasteiger partial charge in [-0.05, 0) is 37.3 Å². The molecule has 194 valence electrons. The van der Waals surface area contributed by atoms with Crippen LogP contribution in [0.15, 0.2) is 42.7 Å². The highest BCUT2D eigenvalue weighted by Gasteiger charge is 2.24. The minimum absolute atomic E-state index is 0.172. The number of pyridine rings is 2. The number of anilines is 1. The Kier molecular flexibility index (Phi) is 6.97. The van der Waals surface area contributed by atoms with E-state index in [1.54, 1.807) is 19.2 Å². The summed E-state index contributed by atoms with van der Waals surface area (Å²) in [5.74, 6) is 0.491. The molecule has 1 aromatic carbocycles. The van der Waals surface area contributed by atoms with Crippen molar-refractivity contribution < 1.29 is 17.5 Å². The monoisotopic (exact) mass is 564 g/mol. The standard InChI is InChI=1S/C24H23Cl2FN6O3S/c1-14(21-18(25)13-29-24(27)22(21)26)36-16-4-5-19-17(11-16)23(31-30-19)15-3-6-20(28-12-15)32-7-9-33(10-8-32)37(2,34)35/h3-6,11-14H,7-10H2,1-2H3,(H,30,31)/t14-/m0/s1. The van der Waals surface area contributed by atoms with Crippen LogP contribution in [-0.4, -0.2) is 65.3 Å². The van der Waals surface area contributed by atoms with E-state index in [1.165, 1.54) is 16.8 Å². The fourth-order valence-electron chi connectivity index (χ4n) is 4.34. The molecule has 0 saturated carbocycles. The van der Waals surface area contributed by atoms with Gasteiger partial charge < -0.3 is 9.64 Å². The number of aromatic amines is 1. The predicted octanol–water partition coefficient (Wildman–Crippen LogP) is 4.69. The summed E-state index contributed by atoms with van der Waals surface area (Å²) in [5.41, 5.74) is 2.62. The summed E-state index contributed by atoms with van der Waals surface area (Å²) in [5, 5.41) is 8.33. The minimum Gasteiger partial charge on any atom is -0.486 e. The van der Waals surface area contributed by atoms with Crippen LogP contribution in [0.2, 0.25) is 10.0 Å². The molecule has 4 heterocycles. The van der Waals surface area contributed by atoms with Crippen molar-refractivity contribution in [1.29, 1.82) is 0 Å². The number of hydrogen-bond donors (Lipinski definition) is 1. The van der Waals surface area contributed by atoms with Gasteiger partial charge in [0.1, 0.15) is 28.4 Å². The first kappa shape index (κ1) is 25.7. The molecule has 0 aliphatic carbocycles. The third-order valence-electron chi connectivity index (χ3n) is 6.27. The SMILES string of the molecule is C[C@H](Oc1ccc2[nH]nc(-c3ccc(N4CCN(S(C)(=O)=O)CC4)nc3)c2c1)c1c(Cl)cnc(F)c1Cl. The summed E-state index contributed by atoms with van der Waals surface area (Å²) in [7, 11) is -3.19. The van der Waals surface area contributed by atoms with E-state index < -0.39 is 22.1 Å². The van der Waals surface area contributed by atoms with Gasteiger partial charge in [-0.25, -0.2) is 18.4 Å². The van der Waals surface area contributed by atoms with Crippen LogP contribution in [0.1, 0.15) is 18.6 Å². The van der Waals surface area contributed by atoms with Gasteiger partial charge in [-0.3, -0.25) is 5.10 Å². The fraction of sp³-hybridized carbons (Fsp3) is 0.292. The van der Waals surface area contributed by atoms with Crippen molar-refractivity contribution in [3.63, 3.8) is 0 Å². The van der Waals surface area contributed by atoms with Crippen molar-refractivity contribution in [3.05, 3.63) is 64.3 Å². The number of piperazine rings is 1. The van der Waals surface area contributed by atoms with Gasteiger partial charge in [0.25, 0.3) is 0 Å². The maximum absolute atomic E-state index is 13.9. The number of sulfonamides is 1. The number of fused-ring (bicyclic) bond motifs is 1. The third-order valence-corrected chi connectivity index (χ3v) is 8.24. The largest absolute Gasteiger partial charge is 0.486 e. The lowest BCUT2D eigenvalue weighted by Crippen LogP contribution is -2.48. The molecule has 5 rings (SSSR count). The summed E-state index contributed by atoms with van der Waals surface area (Å²) in [6, 6.07) is 9.28. The van der Waals surface area contributed by atoms with E-state index in [-0.39, 0.29) is 10.0 Å². The summed E-state index contributed by atoms with van der Waals surface area (Å²) in [4.78, 5) is 10.2. The number of H-pyrrole nitrogens is 1. The van der Waals surface area contributed by atoms with Crippen molar-refractivity contribution in [1.82, 2.24) is 24.5 Å². The Hall–Kier alpha value is -2.99. The molecule has 1 fully saturated rings. The second-order valence-corrected chi connectivity index (χ2v) is 11.5. The van der Waals surface area contributed by atoms with Gasteiger partial charge in [-0.15, -0.1) is 0 Å². The average Bonchev–Trinajstić information content (AvgIpc) is 3.29. The number of halogens is 3. The molecule has 1 atom stereocenters.